The van der Waals surface area contributed by atoms with Crippen LogP contribution in [-0.4, -0.2) is 70.3 Å². The van der Waals surface area contributed by atoms with Gasteiger partial charge in [-0.15, -0.1) is 21.5 Å². The third-order valence-electron chi connectivity index (χ3n) is 5.62. The highest BCUT2D eigenvalue weighted by Crippen LogP contribution is 2.19. The van der Waals surface area contributed by atoms with Crippen LogP contribution >= 0.6 is 11.3 Å². The van der Waals surface area contributed by atoms with Gasteiger partial charge in [-0.1, -0.05) is 6.07 Å². The van der Waals surface area contributed by atoms with Crippen molar-refractivity contribution in [3.8, 4) is 0 Å². The highest BCUT2D eigenvalue weighted by molar-refractivity contribution is 7.09. The van der Waals surface area contributed by atoms with E-state index >= 15 is 0 Å². The van der Waals surface area contributed by atoms with Crippen LogP contribution in [0.1, 0.15) is 22.9 Å². The van der Waals surface area contributed by atoms with Crippen molar-refractivity contribution in [2.75, 3.05) is 39.8 Å². The highest BCUT2D eigenvalue weighted by atomic mass is 32.1. The van der Waals surface area contributed by atoms with Gasteiger partial charge in [0.15, 0.2) is 5.96 Å². The molecule has 0 aliphatic carbocycles. The van der Waals surface area contributed by atoms with Crippen LogP contribution in [0.3, 0.4) is 0 Å². The van der Waals surface area contributed by atoms with E-state index in [1.165, 1.54) is 4.88 Å². The molecule has 2 aromatic heterocycles. The number of thiophene rings is 1. The molecule has 2 aliphatic heterocycles. The van der Waals surface area contributed by atoms with Crippen LogP contribution in [0.25, 0.3) is 0 Å². The van der Waals surface area contributed by atoms with E-state index in [1.54, 1.807) is 0 Å². The summed E-state index contributed by atoms with van der Waals surface area (Å²) in [6, 6.07) is 4.36. The van der Waals surface area contributed by atoms with Gasteiger partial charge in [-0.3, -0.25) is 9.89 Å². The van der Waals surface area contributed by atoms with Gasteiger partial charge in [0.25, 0.3) is 0 Å². The van der Waals surface area contributed by atoms with Gasteiger partial charge in [0.05, 0.1) is 0 Å². The van der Waals surface area contributed by atoms with Crippen LogP contribution in [0.4, 0.5) is 0 Å². The zero-order valence-electron chi connectivity index (χ0n) is 16.3. The number of aryl methyl sites for hydroxylation is 2. The molecule has 7 nitrogen and oxygen atoms in total. The van der Waals surface area contributed by atoms with Gasteiger partial charge < -0.3 is 14.8 Å². The number of fused-ring (bicyclic) bond motifs is 1. The normalized spacial score (nSPS) is 21.3. The first kappa shape index (κ1) is 18.4. The topological polar surface area (TPSA) is 61.6 Å². The Kier molecular flexibility index (Phi) is 5.73. The number of aromatic nitrogens is 3. The minimum atomic E-state index is 0.601. The first-order chi connectivity index (χ1) is 13.2. The van der Waals surface area contributed by atoms with Crippen LogP contribution in [0.2, 0.25) is 0 Å². The fourth-order valence-electron chi connectivity index (χ4n) is 4.01. The SMILES string of the molecule is CN=C(NCC1CCc2nnc(C)n2C1)N1CCN(Cc2cccs2)CC1. The van der Waals surface area contributed by atoms with Gasteiger partial charge in [-0.25, -0.2) is 0 Å². The number of rotatable bonds is 4. The zero-order chi connectivity index (χ0) is 18.6. The third-order valence-corrected chi connectivity index (χ3v) is 6.48. The summed E-state index contributed by atoms with van der Waals surface area (Å²) in [7, 11) is 1.89. The van der Waals surface area contributed by atoms with E-state index in [0.717, 1.165) is 76.3 Å². The number of nitrogens with one attached hydrogen (secondary N) is 1. The van der Waals surface area contributed by atoms with Crippen molar-refractivity contribution in [2.45, 2.75) is 32.9 Å². The number of hydrogen-bond donors (Lipinski definition) is 1. The Balaban J connectivity index is 1.25. The van der Waals surface area contributed by atoms with Crippen LogP contribution in [0.5, 0.6) is 0 Å². The molecule has 4 rings (SSSR count). The molecule has 1 unspecified atom stereocenters. The van der Waals surface area contributed by atoms with Crippen molar-refractivity contribution in [3.63, 3.8) is 0 Å². The fraction of sp³-hybridized carbons (Fsp3) is 0.632. The molecule has 4 heterocycles. The molecule has 8 heteroatoms. The summed E-state index contributed by atoms with van der Waals surface area (Å²) in [6.45, 7) is 9.32. The Morgan fingerprint density at radius 3 is 2.89 bits per heavy atom. The Labute approximate surface area is 165 Å². The molecule has 2 aliphatic rings. The molecule has 0 saturated carbocycles. The van der Waals surface area contributed by atoms with Crippen molar-refractivity contribution in [3.05, 3.63) is 34.0 Å². The van der Waals surface area contributed by atoms with Gasteiger partial charge in [0, 0.05) is 64.2 Å². The first-order valence-electron chi connectivity index (χ1n) is 9.82. The molecule has 2 aromatic rings. The van der Waals surface area contributed by atoms with Gasteiger partial charge in [0.2, 0.25) is 0 Å². The summed E-state index contributed by atoms with van der Waals surface area (Å²) in [5.41, 5.74) is 0. The highest BCUT2D eigenvalue weighted by Gasteiger charge is 2.24. The summed E-state index contributed by atoms with van der Waals surface area (Å²) in [6.07, 6.45) is 2.18. The Morgan fingerprint density at radius 2 is 2.15 bits per heavy atom. The number of nitrogens with zero attached hydrogens (tertiary/aromatic N) is 6. The lowest BCUT2D eigenvalue weighted by Gasteiger charge is -2.37. The molecular weight excluding hydrogens is 358 g/mol. The van der Waals surface area contributed by atoms with Crippen molar-refractivity contribution >= 4 is 17.3 Å². The summed E-state index contributed by atoms with van der Waals surface area (Å²) in [5, 5.41) is 14.3. The van der Waals surface area contributed by atoms with E-state index in [2.05, 4.69) is 52.4 Å². The summed E-state index contributed by atoms with van der Waals surface area (Å²) >= 11 is 1.85. The standard InChI is InChI=1S/C19H29N7S/c1-15-22-23-18-6-5-16(13-26(15)18)12-21-19(20-2)25-9-7-24(8-10-25)14-17-4-3-11-27-17/h3-4,11,16H,5-10,12-14H2,1-2H3,(H,20,21). The number of guanidine groups is 1. The second kappa shape index (κ2) is 8.39. The minimum Gasteiger partial charge on any atom is -0.356 e. The molecule has 0 amide bonds. The quantitative estimate of drug-likeness (QED) is 0.638. The molecule has 1 fully saturated rings. The lowest BCUT2D eigenvalue weighted by molar-refractivity contribution is 0.173. The van der Waals surface area contributed by atoms with Crippen LogP contribution in [0.15, 0.2) is 22.5 Å². The predicted molar refractivity (Wildman–Crippen MR) is 109 cm³/mol. The zero-order valence-corrected chi connectivity index (χ0v) is 17.1. The van der Waals surface area contributed by atoms with Gasteiger partial charge >= 0.3 is 0 Å². The van der Waals surface area contributed by atoms with Gasteiger partial charge in [-0.2, -0.15) is 0 Å². The maximum absolute atomic E-state index is 4.53. The second-order valence-electron chi connectivity index (χ2n) is 7.45. The minimum absolute atomic E-state index is 0.601. The molecule has 1 N–H and O–H groups in total. The number of aliphatic imine (C=N–C) groups is 1. The van der Waals surface area contributed by atoms with E-state index in [1.807, 2.05) is 25.3 Å². The smallest absolute Gasteiger partial charge is 0.193 e. The van der Waals surface area contributed by atoms with E-state index < -0.39 is 0 Å². The Bertz CT molecular complexity index is 759. The number of hydrogen-bond acceptors (Lipinski definition) is 5. The fourth-order valence-corrected chi connectivity index (χ4v) is 4.75. The molecule has 0 spiro atoms. The molecule has 146 valence electrons. The molecule has 27 heavy (non-hydrogen) atoms. The second-order valence-corrected chi connectivity index (χ2v) is 8.48. The molecule has 0 radical (unpaired) electrons. The van der Waals surface area contributed by atoms with Crippen molar-refractivity contribution in [1.82, 2.24) is 29.9 Å². The average Bonchev–Trinajstić information content (AvgIpc) is 3.33. The van der Waals surface area contributed by atoms with Gasteiger partial charge in [-0.05, 0) is 30.7 Å². The van der Waals surface area contributed by atoms with E-state index in [4.69, 9.17) is 0 Å². The molecular formula is C19H29N7S. The molecule has 0 aromatic carbocycles. The van der Waals surface area contributed by atoms with E-state index in [9.17, 15) is 0 Å². The maximum atomic E-state index is 4.53. The largest absolute Gasteiger partial charge is 0.356 e. The van der Waals surface area contributed by atoms with Crippen molar-refractivity contribution in [1.29, 1.82) is 0 Å². The van der Waals surface area contributed by atoms with Crippen molar-refractivity contribution in [2.24, 2.45) is 10.9 Å². The maximum Gasteiger partial charge on any atom is 0.193 e. The summed E-state index contributed by atoms with van der Waals surface area (Å²) < 4.78 is 2.27. The molecule has 0 bridgehead atoms. The summed E-state index contributed by atoms with van der Waals surface area (Å²) in [5.74, 6) is 3.80. The van der Waals surface area contributed by atoms with Crippen LogP contribution < -0.4 is 5.32 Å². The van der Waals surface area contributed by atoms with Crippen LogP contribution in [0, 0.1) is 12.8 Å². The molecule has 1 saturated heterocycles. The lowest BCUT2D eigenvalue weighted by atomic mass is 9.99. The van der Waals surface area contributed by atoms with E-state index in [-0.39, 0.29) is 0 Å². The monoisotopic (exact) mass is 387 g/mol. The van der Waals surface area contributed by atoms with Crippen LogP contribution in [-0.2, 0) is 19.5 Å². The lowest BCUT2D eigenvalue weighted by Crippen LogP contribution is -2.52. The predicted octanol–water partition coefficient (Wildman–Crippen LogP) is 1.60. The first-order valence-corrected chi connectivity index (χ1v) is 10.7. The average molecular weight is 388 g/mol. The number of piperazine rings is 1. The van der Waals surface area contributed by atoms with Crippen molar-refractivity contribution < 1.29 is 0 Å². The summed E-state index contributed by atoms with van der Waals surface area (Å²) in [4.78, 5) is 10.9. The Hall–Kier alpha value is -1.93. The van der Waals surface area contributed by atoms with Gasteiger partial charge in [0.1, 0.15) is 11.6 Å². The third kappa shape index (κ3) is 4.32. The van der Waals surface area contributed by atoms with E-state index in [0.29, 0.717) is 5.92 Å². The Morgan fingerprint density at radius 1 is 1.30 bits per heavy atom. The molecule has 1 atom stereocenters.